The van der Waals surface area contributed by atoms with E-state index in [2.05, 4.69) is 15.6 Å². The first-order valence-electron chi connectivity index (χ1n) is 8.37. The predicted molar refractivity (Wildman–Crippen MR) is 101 cm³/mol. The highest BCUT2D eigenvalue weighted by atomic mass is 32.2. The molecule has 0 spiro atoms. The summed E-state index contributed by atoms with van der Waals surface area (Å²) in [7, 11) is -2.42. The minimum Gasteiger partial charge on any atom is -0.383 e. The highest BCUT2D eigenvalue weighted by Crippen LogP contribution is 2.30. The number of ether oxygens (including phenoxy) is 1. The van der Waals surface area contributed by atoms with Crippen LogP contribution in [-0.4, -0.2) is 34.6 Å². The molecule has 2 aromatic rings. The summed E-state index contributed by atoms with van der Waals surface area (Å²) >= 11 is 0. The van der Waals surface area contributed by atoms with Crippen LogP contribution in [0.3, 0.4) is 0 Å². The number of benzene rings is 2. The first-order chi connectivity index (χ1) is 13.5. The van der Waals surface area contributed by atoms with E-state index in [1.54, 1.807) is 6.92 Å². The van der Waals surface area contributed by atoms with Gasteiger partial charge >= 0.3 is 6.18 Å². The average Bonchev–Trinajstić information content (AvgIpc) is 2.66. The van der Waals surface area contributed by atoms with Crippen LogP contribution in [0.1, 0.15) is 21.5 Å². The van der Waals surface area contributed by atoms with Crippen LogP contribution in [-0.2, 0) is 20.9 Å². The van der Waals surface area contributed by atoms with E-state index >= 15 is 0 Å². The Balaban J connectivity index is 2.15. The lowest BCUT2D eigenvalue weighted by Crippen LogP contribution is -2.31. The molecule has 29 heavy (non-hydrogen) atoms. The number of methoxy groups -OCH3 is 1. The number of nitrogens with one attached hydrogen (secondary N) is 3. The molecule has 0 aliphatic heterocycles. The molecule has 0 radical (unpaired) electrons. The van der Waals surface area contributed by atoms with Crippen LogP contribution in [0.15, 0.2) is 47.4 Å². The summed E-state index contributed by atoms with van der Waals surface area (Å²) in [6.07, 6.45) is -4.52. The van der Waals surface area contributed by atoms with Crippen LogP contribution in [0.5, 0.6) is 0 Å². The average molecular weight is 431 g/mol. The Morgan fingerprint density at radius 1 is 1.14 bits per heavy atom. The number of aryl methyl sites for hydroxylation is 1. The van der Waals surface area contributed by atoms with Crippen molar-refractivity contribution in [2.75, 3.05) is 25.7 Å². The van der Waals surface area contributed by atoms with Gasteiger partial charge in [-0.2, -0.15) is 13.2 Å². The van der Waals surface area contributed by atoms with Crippen LogP contribution < -0.4 is 15.6 Å². The van der Waals surface area contributed by atoms with E-state index in [9.17, 15) is 26.4 Å². The molecular formula is C18H20F3N3O4S. The largest absolute Gasteiger partial charge is 0.416 e. The highest BCUT2D eigenvalue weighted by Gasteiger charge is 2.30. The Hall–Kier alpha value is -2.63. The number of hydrazine groups is 1. The summed E-state index contributed by atoms with van der Waals surface area (Å²) in [5.74, 6) is -0.700. The van der Waals surface area contributed by atoms with Crippen LogP contribution in [0, 0.1) is 6.92 Å². The SMILES string of the molecule is COCCNS(=O)(=O)c1ccc(C)c(C(=O)NNc2cccc(C(F)(F)F)c2)c1. The molecule has 1 amide bonds. The Kier molecular flexibility index (Phi) is 7.22. The zero-order valence-electron chi connectivity index (χ0n) is 15.6. The minimum atomic E-state index is -4.52. The van der Waals surface area contributed by atoms with Crippen molar-refractivity contribution in [2.45, 2.75) is 18.0 Å². The molecule has 0 atom stereocenters. The fourth-order valence-electron chi connectivity index (χ4n) is 2.34. The van der Waals surface area contributed by atoms with Gasteiger partial charge in [-0.1, -0.05) is 12.1 Å². The van der Waals surface area contributed by atoms with Crippen molar-refractivity contribution in [1.82, 2.24) is 10.1 Å². The molecule has 158 valence electrons. The van der Waals surface area contributed by atoms with Gasteiger partial charge in [0.1, 0.15) is 0 Å². The Labute approximate surface area is 166 Å². The minimum absolute atomic E-state index is 0.0239. The molecule has 2 rings (SSSR count). The number of sulfonamides is 1. The lowest BCUT2D eigenvalue weighted by Gasteiger charge is -2.13. The predicted octanol–water partition coefficient (Wildman–Crippen LogP) is 2.70. The van der Waals surface area contributed by atoms with E-state index in [-0.39, 0.29) is 29.3 Å². The zero-order chi connectivity index (χ0) is 21.7. The number of hydrogen-bond acceptors (Lipinski definition) is 5. The van der Waals surface area contributed by atoms with E-state index in [0.29, 0.717) is 5.56 Å². The number of anilines is 1. The fourth-order valence-corrected chi connectivity index (χ4v) is 3.38. The maximum absolute atomic E-state index is 12.8. The van der Waals surface area contributed by atoms with Crippen LogP contribution in [0.4, 0.5) is 18.9 Å². The maximum Gasteiger partial charge on any atom is 0.416 e. The second-order valence-corrected chi connectivity index (χ2v) is 7.79. The number of hydrogen-bond donors (Lipinski definition) is 3. The third-order valence-corrected chi connectivity index (χ3v) is 5.33. The van der Waals surface area contributed by atoms with Crippen molar-refractivity contribution >= 4 is 21.6 Å². The van der Waals surface area contributed by atoms with E-state index in [4.69, 9.17) is 4.74 Å². The summed E-state index contributed by atoms with van der Waals surface area (Å²) in [6, 6.07) is 8.29. The van der Waals surface area contributed by atoms with Gasteiger partial charge in [0, 0.05) is 19.2 Å². The molecule has 0 saturated heterocycles. The van der Waals surface area contributed by atoms with Gasteiger partial charge < -0.3 is 4.74 Å². The van der Waals surface area contributed by atoms with Crippen molar-refractivity contribution in [1.29, 1.82) is 0 Å². The third kappa shape index (κ3) is 6.17. The first kappa shape index (κ1) is 22.7. The van der Waals surface area contributed by atoms with Gasteiger partial charge in [-0.25, -0.2) is 13.1 Å². The summed E-state index contributed by atoms with van der Waals surface area (Å²) in [4.78, 5) is 12.3. The molecular weight excluding hydrogens is 411 g/mol. The van der Waals surface area contributed by atoms with E-state index in [1.165, 1.54) is 37.4 Å². The van der Waals surface area contributed by atoms with Crippen molar-refractivity contribution in [2.24, 2.45) is 0 Å². The van der Waals surface area contributed by atoms with Crippen LogP contribution in [0.25, 0.3) is 0 Å². The normalized spacial score (nSPS) is 11.9. The molecule has 0 bridgehead atoms. The van der Waals surface area contributed by atoms with Gasteiger partial charge in [0.15, 0.2) is 0 Å². The van der Waals surface area contributed by atoms with Gasteiger partial charge in [0.2, 0.25) is 10.0 Å². The van der Waals surface area contributed by atoms with Gasteiger partial charge in [-0.3, -0.25) is 15.6 Å². The van der Waals surface area contributed by atoms with Crippen LogP contribution >= 0.6 is 0 Å². The molecule has 7 nitrogen and oxygen atoms in total. The van der Waals surface area contributed by atoms with Crippen molar-refractivity contribution in [3.8, 4) is 0 Å². The lowest BCUT2D eigenvalue weighted by atomic mass is 10.1. The standard InChI is InChI=1S/C18H20F3N3O4S/c1-12-6-7-15(29(26,27)22-8-9-28-2)11-16(12)17(25)24-23-14-5-3-4-13(10-14)18(19,20)21/h3-7,10-11,22-23H,8-9H2,1-2H3,(H,24,25). The molecule has 0 aliphatic carbocycles. The summed E-state index contributed by atoms with van der Waals surface area (Å²) in [5.41, 5.74) is 4.37. The van der Waals surface area contributed by atoms with Crippen molar-refractivity contribution in [3.63, 3.8) is 0 Å². The molecule has 2 aromatic carbocycles. The lowest BCUT2D eigenvalue weighted by molar-refractivity contribution is -0.137. The fraction of sp³-hybridized carbons (Fsp3) is 0.278. The third-order valence-electron chi connectivity index (χ3n) is 3.87. The molecule has 0 aromatic heterocycles. The van der Waals surface area contributed by atoms with E-state index < -0.39 is 27.7 Å². The monoisotopic (exact) mass is 431 g/mol. The van der Waals surface area contributed by atoms with Gasteiger partial charge in [0.25, 0.3) is 5.91 Å². The second kappa shape index (κ2) is 9.25. The summed E-state index contributed by atoms with van der Waals surface area (Å²) in [5, 5.41) is 0. The number of amides is 1. The number of alkyl halides is 3. The number of carbonyl (C=O) groups excluding carboxylic acids is 1. The second-order valence-electron chi connectivity index (χ2n) is 6.02. The molecule has 0 fully saturated rings. The maximum atomic E-state index is 12.8. The molecule has 0 unspecified atom stereocenters. The number of rotatable bonds is 8. The first-order valence-corrected chi connectivity index (χ1v) is 9.86. The quantitative estimate of drug-likeness (QED) is 0.441. The molecule has 3 N–H and O–H groups in total. The van der Waals surface area contributed by atoms with Gasteiger partial charge in [-0.05, 0) is 42.8 Å². The number of carbonyl (C=O) groups is 1. The molecule has 0 heterocycles. The van der Waals surface area contributed by atoms with Crippen molar-refractivity contribution < 1.29 is 31.1 Å². The molecule has 11 heteroatoms. The Morgan fingerprint density at radius 2 is 1.86 bits per heavy atom. The van der Waals surface area contributed by atoms with E-state index in [1.807, 2.05) is 0 Å². The Bertz CT molecular complexity index is 979. The van der Waals surface area contributed by atoms with Crippen molar-refractivity contribution in [3.05, 3.63) is 59.2 Å². The Morgan fingerprint density at radius 3 is 2.52 bits per heavy atom. The summed E-state index contributed by atoms with van der Waals surface area (Å²) in [6.45, 7) is 1.85. The molecule has 0 saturated carbocycles. The highest BCUT2D eigenvalue weighted by molar-refractivity contribution is 7.89. The van der Waals surface area contributed by atoms with Gasteiger partial charge in [0.05, 0.1) is 22.8 Å². The number of halogens is 3. The smallest absolute Gasteiger partial charge is 0.383 e. The van der Waals surface area contributed by atoms with Gasteiger partial charge in [-0.15, -0.1) is 0 Å². The van der Waals surface area contributed by atoms with Crippen LogP contribution in [0.2, 0.25) is 0 Å². The molecule has 0 aliphatic rings. The van der Waals surface area contributed by atoms with E-state index in [0.717, 1.165) is 12.1 Å². The zero-order valence-corrected chi connectivity index (χ0v) is 16.4. The topological polar surface area (TPSA) is 96.5 Å². The summed E-state index contributed by atoms with van der Waals surface area (Å²) < 4.78 is 70.0.